The Hall–Kier alpha value is -0.390. The molecule has 3 N–H and O–H groups in total. The van der Waals surface area contributed by atoms with Crippen LogP contribution in [0.3, 0.4) is 0 Å². The van der Waals surface area contributed by atoms with E-state index in [0.29, 0.717) is 0 Å². The van der Waals surface area contributed by atoms with Gasteiger partial charge in [-0.05, 0) is 34.0 Å². The highest BCUT2D eigenvalue weighted by Gasteiger charge is 2.08. The lowest BCUT2D eigenvalue weighted by molar-refractivity contribution is -0.114. The number of thiophene rings is 1. The number of carbonyl (C=O) groups excluding carboxylic acids is 1. The van der Waals surface area contributed by atoms with Gasteiger partial charge in [0, 0.05) is 0 Å². The molecule has 0 aromatic carbocycles. The van der Waals surface area contributed by atoms with Gasteiger partial charge < -0.3 is 11.1 Å². The molecule has 0 aliphatic heterocycles. The second-order valence-corrected chi connectivity index (χ2v) is 4.94. The zero-order chi connectivity index (χ0) is 9.84. The first-order valence-electron chi connectivity index (χ1n) is 3.95. The van der Waals surface area contributed by atoms with E-state index in [1.54, 1.807) is 0 Å². The fraction of sp³-hybridized carbons (Fsp3) is 0.375. The molecule has 0 radical (unpaired) electrons. The zero-order valence-corrected chi connectivity index (χ0v) is 9.67. The molecule has 3 nitrogen and oxygen atoms in total. The summed E-state index contributed by atoms with van der Waals surface area (Å²) in [7, 11) is 0. The van der Waals surface area contributed by atoms with Crippen LogP contribution < -0.4 is 11.1 Å². The minimum atomic E-state index is -0.149. The van der Waals surface area contributed by atoms with Gasteiger partial charge in [0.2, 0.25) is 5.91 Å². The van der Waals surface area contributed by atoms with Gasteiger partial charge in [-0.1, -0.05) is 6.92 Å². The highest BCUT2D eigenvalue weighted by Crippen LogP contribution is 2.32. The lowest BCUT2D eigenvalue weighted by Gasteiger charge is -2.01. The van der Waals surface area contributed by atoms with Crippen LogP contribution in [0.5, 0.6) is 0 Å². The minimum Gasteiger partial charge on any atom is -0.322 e. The molecule has 1 rings (SSSR count). The standard InChI is InChI=1S/C8H11BrN2OS/c1-2-5-3-6(9)13-8(5)11-7(12)4-10/h3H,2,4,10H2,1H3,(H,11,12). The molecule has 13 heavy (non-hydrogen) atoms. The normalized spacial score (nSPS) is 10.1. The van der Waals surface area contributed by atoms with Crippen LogP contribution in [0.2, 0.25) is 0 Å². The Morgan fingerprint density at radius 2 is 2.46 bits per heavy atom. The quantitative estimate of drug-likeness (QED) is 0.876. The predicted octanol–water partition coefficient (Wildman–Crippen LogP) is 1.97. The van der Waals surface area contributed by atoms with Crippen LogP contribution in [-0.2, 0) is 11.2 Å². The molecule has 0 saturated heterocycles. The average Bonchev–Trinajstić information content (AvgIpc) is 2.46. The first-order valence-corrected chi connectivity index (χ1v) is 5.56. The molecule has 1 aromatic rings. The third-order valence-electron chi connectivity index (χ3n) is 1.60. The van der Waals surface area contributed by atoms with Crippen molar-refractivity contribution >= 4 is 38.2 Å². The number of halogens is 1. The van der Waals surface area contributed by atoms with Gasteiger partial charge in [0.05, 0.1) is 15.3 Å². The van der Waals surface area contributed by atoms with E-state index in [1.807, 2.05) is 13.0 Å². The number of hydrogen-bond acceptors (Lipinski definition) is 3. The molecule has 0 atom stereocenters. The molecule has 0 spiro atoms. The van der Waals surface area contributed by atoms with Crippen molar-refractivity contribution in [1.82, 2.24) is 0 Å². The number of aryl methyl sites for hydroxylation is 1. The Morgan fingerprint density at radius 3 is 3.00 bits per heavy atom. The van der Waals surface area contributed by atoms with Crippen LogP contribution in [0.4, 0.5) is 5.00 Å². The number of nitrogens with one attached hydrogen (secondary N) is 1. The molecular weight excluding hydrogens is 252 g/mol. The second kappa shape index (κ2) is 4.74. The van der Waals surface area contributed by atoms with Crippen molar-refractivity contribution in [3.05, 3.63) is 15.4 Å². The van der Waals surface area contributed by atoms with Crippen LogP contribution in [0.1, 0.15) is 12.5 Å². The lowest BCUT2D eigenvalue weighted by atomic mass is 10.2. The van der Waals surface area contributed by atoms with Crippen molar-refractivity contribution in [3.63, 3.8) is 0 Å². The first kappa shape index (κ1) is 10.7. The number of anilines is 1. The Balaban J connectivity index is 2.80. The molecule has 0 aliphatic carbocycles. The summed E-state index contributed by atoms with van der Waals surface area (Å²) < 4.78 is 1.02. The molecule has 0 fully saturated rings. The van der Waals surface area contributed by atoms with E-state index in [9.17, 15) is 4.79 Å². The van der Waals surface area contributed by atoms with Gasteiger partial charge in [0.15, 0.2) is 0 Å². The Labute approximate surface area is 89.5 Å². The third kappa shape index (κ3) is 2.79. The topological polar surface area (TPSA) is 55.1 Å². The van der Waals surface area contributed by atoms with Crippen LogP contribution in [0.25, 0.3) is 0 Å². The summed E-state index contributed by atoms with van der Waals surface area (Å²) in [6.45, 7) is 2.07. The molecular formula is C8H11BrN2OS. The molecule has 5 heteroatoms. The number of amides is 1. The van der Waals surface area contributed by atoms with E-state index in [2.05, 4.69) is 21.2 Å². The lowest BCUT2D eigenvalue weighted by Crippen LogP contribution is -2.21. The summed E-state index contributed by atoms with van der Waals surface area (Å²) in [5.74, 6) is -0.149. The number of nitrogens with two attached hydrogens (primary N) is 1. The van der Waals surface area contributed by atoms with Gasteiger partial charge in [-0.2, -0.15) is 0 Å². The number of hydrogen-bond donors (Lipinski definition) is 2. The van der Waals surface area contributed by atoms with Crippen molar-refractivity contribution in [3.8, 4) is 0 Å². The SMILES string of the molecule is CCc1cc(Br)sc1NC(=O)CN. The van der Waals surface area contributed by atoms with Crippen molar-refractivity contribution in [1.29, 1.82) is 0 Å². The highest BCUT2D eigenvalue weighted by molar-refractivity contribution is 9.11. The minimum absolute atomic E-state index is 0.0265. The first-order chi connectivity index (χ1) is 6.17. The Bertz CT molecular complexity index is 311. The molecule has 1 amide bonds. The van der Waals surface area contributed by atoms with Crippen LogP contribution >= 0.6 is 27.3 Å². The summed E-state index contributed by atoms with van der Waals surface area (Å²) in [5, 5.41) is 3.65. The molecule has 0 saturated carbocycles. The monoisotopic (exact) mass is 262 g/mol. The molecule has 0 bridgehead atoms. The second-order valence-electron chi connectivity index (χ2n) is 2.51. The van der Waals surface area contributed by atoms with Crippen LogP contribution in [0, 0.1) is 0 Å². The number of rotatable bonds is 3. The Morgan fingerprint density at radius 1 is 1.77 bits per heavy atom. The molecule has 0 aliphatic rings. The summed E-state index contributed by atoms with van der Waals surface area (Å²) in [6.07, 6.45) is 0.905. The van der Waals surface area contributed by atoms with E-state index in [4.69, 9.17) is 5.73 Å². The summed E-state index contributed by atoms with van der Waals surface area (Å²) in [6, 6.07) is 2.01. The Kier molecular flexibility index (Phi) is 3.90. The van der Waals surface area contributed by atoms with Crippen molar-refractivity contribution in [2.24, 2.45) is 5.73 Å². The third-order valence-corrected chi connectivity index (χ3v) is 3.19. The maximum atomic E-state index is 11.0. The summed E-state index contributed by atoms with van der Waals surface area (Å²) >= 11 is 4.88. The number of carbonyl (C=O) groups is 1. The fourth-order valence-corrected chi connectivity index (χ4v) is 2.60. The van der Waals surface area contributed by atoms with Gasteiger partial charge in [-0.15, -0.1) is 11.3 Å². The van der Waals surface area contributed by atoms with Gasteiger partial charge in [0.25, 0.3) is 0 Å². The average molecular weight is 263 g/mol. The van der Waals surface area contributed by atoms with E-state index in [1.165, 1.54) is 11.3 Å². The molecule has 1 heterocycles. The zero-order valence-electron chi connectivity index (χ0n) is 7.26. The van der Waals surface area contributed by atoms with Gasteiger partial charge >= 0.3 is 0 Å². The molecule has 72 valence electrons. The van der Waals surface area contributed by atoms with Crippen molar-refractivity contribution in [2.75, 3.05) is 11.9 Å². The van der Waals surface area contributed by atoms with Gasteiger partial charge in [0.1, 0.15) is 0 Å². The molecule has 0 unspecified atom stereocenters. The maximum Gasteiger partial charge on any atom is 0.238 e. The smallest absolute Gasteiger partial charge is 0.238 e. The molecule has 1 aromatic heterocycles. The van der Waals surface area contributed by atoms with E-state index < -0.39 is 0 Å². The largest absolute Gasteiger partial charge is 0.322 e. The van der Waals surface area contributed by atoms with Gasteiger partial charge in [-0.25, -0.2) is 0 Å². The van der Waals surface area contributed by atoms with E-state index in [-0.39, 0.29) is 12.5 Å². The van der Waals surface area contributed by atoms with Crippen molar-refractivity contribution in [2.45, 2.75) is 13.3 Å². The summed E-state index contributed by atoms with van der Waals surface area (Å²) in [5.41, 5.74) is 6.34. The van der Waals surface area contributed by atoms with E-state index in [0.717, 1.165) is 20.8 Å². The fourth-order valence-electron chi connectivity index (χ4n) is 0.941. The predicted molar refractivity (Wildman–Crippen MR) is 59.1 cm³/mol. The van der Waals surface area contributed by atoms with E-state index >= 15 is 0 Å². The van der Waals surface area contributed by atoms with Crippen LogP contribution in [0.15, 0.2) is 9.85 Å². The maximum absolute atomic E-state index is 11.0. The summed E-state index contributed by atoms with van der Waals surface area (Å²) in [4.78, 5) is 11.0. The van der Waals surface area contributed by atoms with Crippen molar-refractivity contribution < 1.29 is 4.79 Å². The van der Waals surface area contributed by atoms with Crippen LogP contribution in [-0.4, -0.2) is 12.5 Å². The van der Waals surface area contributed by atoms with Gasteiger partial charge in [-0.3, -0.25) is 4.79 Å². The highest BCUT2D eigenvalue weighted by atomic mass is 79.9.